The van der Waals surface area contributed by atoms with Crippen molar-refractivity contribution >= 4 is 5.97 Å². The maximum absolute atomic E-state index is 12.6. The van der Waals surface area contributed by atoms with Crippen LogP contribution in [0.4, 0.5) is 13.2 Å². The van der Waals surface area contributed by atoms with Crippen LogP contribution in [0.25, 0.3) is 0 Å². The molecule has 0 spiro atoms. The minimum absolute atomic E-state index is 0.273. The summed E-state index contributed by atoms with van der Waals surface area (Å²) in [5.74, 6) is -0.907. The van der Waals surface area contributed by atoms with Crippen LogP contribution in [0.1, 0.15) is 24.1 Å². The second-order valence-electron chi connectivity index (χ2n) is 4.24. The quantitative estimate of drug-likeness (QED) is 0.885. The molecule has 1 aromatic heterocycles. The van der Waals surface area contributed by atoms with E-state index in [1.807, 2.05) is 0 Å². The Labute approximate surface area is 95.0 Å². The molecule has 1 saturated carbocycles. The van der Waals surface area contributed by atoms with E-state index < -0.39 is 24.3 Å². The number of alkyl halides is 3. The molecule has 0 saturated heterocycles. The molecule has 0 atom stereocenters. The molecule has 1 aliphatic rings. The zero-order chi connectivity index (χ0) is 12.6. The summed E-state index contributed by atoms with van der Waals surface area (Å²) in [6.07, 6.45) is -2.07. The van der Waals surface area contributed by atoms with Gasteiger partial charge in [0.1, 0.15) is 0 Å². The molecular weight excluding hydrogens is 237 g/mol. The Morgan fingerprint density at radius 3 is 2.65 bits per heavy atom. The largest absolute Gasteiger partial charge is 0.481 e. The molecule has 94 valence electrons. The number of carboxylic acid groups (broad SMARTS) is 1. The summed E-state index contributed by atoms with van der Waals surface area (Å²) in [7, 11) is 0. The maximum atomic E-state index is 12.6. The number of carboxylic acids is 1. The lowest BCUT2D eigenvalue weighted by molar-refractivity contribution is -0.142. The standard InChI is InChI=1S/C10H11F3N2O2/c11-10(12,13)9-7(3-8(16)17)5-15(14-9)4-6-1-2-6/h5-6H,1-4H2,(H,16,17). The zero-order valence-electron chi connectivity index (χ0n) is 8.87. The Bertz CT molecular complexity index is 435. The Hall–Kier alpha value is -1.53. The van der Waals surface area contributed by atoms with Crippen LogP contribution in [0.2, 0.25) is 0 Å². The Kier molecular flexibility index (Phi) is 2.84. The van der Waals surface area contributed by atoms with Crippen LogP contribution < -0.4 is 0 Å². The molecule has 0 radical (unpaired) electrons. The third kappa shape index (κ3) is 2.98. The molecule has 0 unspecified atom stereocenters. The van der Waals surface area contributed by atoms with E-state index in [1.165, 1.54) is 10.9 Å². The fourth-order valence-corrected chi connectivity index (χ4v) is 1.65. The Morgan fingerprint density at radius 2 is 2.18 bits per heavy atom. The highest BCUT2D eigenvalue weighted by Crippen LogP contribution is 2.33. The van der Waals surface area contributed by atoms with Gasteiger partial charge in [-0.2, -0.15) is 18.3 Å². The first-order chi connectivity index (χ1) is 7.86. The summed E-state index contributed by atoms with van der Waals surface area (Å²) in [5.41, 5.74) is -1.36. The van der Waals surface area contributed by atoms with Crippen molar-refractivity contribution in [3.63, 3.8) is 0 Å². The normalized spacial score (nSPS) is 16.2. The Morgan fingerprint density at radius 1 is 1.53 bits per heavy atom. The van der Waals surface area contributed by atoms with Gasteiger partial charge in [-0.15, -0.1) is 0 Å². The first-order valence-corrected chi connectivity index (χ1v) is 5.21. The van der Waals surface area contributed by atoms with Crippen molar-refractivity contribution in [3.8, 4) is 0 Å². The molecule has 2 rings (SSSR count). The van der Waals surface area contributed by atoms with Crippen molar-refractivity contribution in [3.05, 3.63) is 17.5 Å². The van der Waals surface area contributed by atoms with E-state index >= 15 is 0 Å². The summed E-state index contributed by atoms with van der Waals surface area (Å²) in [4.78, 5) is 10.5. The van der Waals surface area contributed by atoms with Crippen LogP contribution in [-0.2, 0) is 23.9 Å². The van der Waals surface area contributed by atoms with Gasteiger partial charge in [0.05, 0.1) is 6.42 Å². The lowest BCUT2D eigenvalue weighted by atomic mass is 10.2. The predicted octanol–water partition coefficient (Wildman–Crippen LogP) is 1.94. The fraction of sp³-hybridized carbons (Fsp3) is 0.600. The van der Waals surface area contributed by atoms with Gasteiger partial charge in [-0.1, -0.05) is 0 Å². The van der Waals surface area contributed by atoms with Crippen LogP contribution in [0, 0.1) is 5.92 Å². The molecule has 4 nitrogen and oxygen atoms in total. The fourth-order valence-electron chi connectivity index (χ4n) is 1.65. The van der Waals surface area contributed by atoms with Gasteiger partial charge in [-0.3, -0.25) is 9.48 Å². The van der Waals surface area contributed by atoms with E-state index in [9.17, 15) is 18.0 Å². The second-order valence-corrected chi connectivity index (χ2v) is 4.24. The highest BCUT2D eigenvalue weighted by atomic mass is 19.4. The molecule has 1 heterocycles. The molecule has 1 N–H and O–H groups in total. The van der Waals surface area contributed by atoms with Crippen molar-refractivity contribution in [2.24, 2.45) is 5.92 Å². The number of nitrogens with zero attached hydrogens (tertiary/aromatic N) is 2. The van der Waals surface area contributed by atoms with Gasteiger partial charge >= 0.3 is 12.1 Å². The maximum Gasteiger partial charge on any atom is 0.435 e. The number of rotatable bonds is 4. The third-order valence-corrected chi connectivity index (χ3v) is 2.59. The van der Waals surface area contributed by atoms with Crippen LogP contribution >= 0.6 is 0 Å². The van der Waals surface area contributed by atoms with Crippen molar-refractivity contribution in [2.45, 2.75) is 32.0 Å². The molecule has 0 amide bonds. The van der Waals surface area contributed by atoms with E-state index in [1.54, 1.807) is 0 Å². The van der Waals surface area contributed by atoms with Crippen LogP contribution in [0.15, 0.2) is 6.20 Å². The lowest BCUT2D eigenvalue weighted by Gasteiger charge is -2.03. The van der Waals surface area contributed by atoms with E-state index in [2.05, 4.69) is 5.10 Å². The van der Waals surface area contributed by atoms with E-state index in [-0.39, 0.29) is 5.56 Å². The molecule has 17 heavy (non-hydrogen) atoms. The van der Waals surface area contributed by atoms with Gasteiger partial charge in [0, 0.05) is 18.3 Å². The molecule has 1 fully saturated rings. The highest BCUT2D eigenvalue weighted by Gasteiger charge is 2.38. The van der Waals surface area contributed by atoms with Crippen molar-refractivity contribution in [1.29, 1.82) is 0 Å². The first-order valence-electron chi connectivity index (χ1n) is 5.21. The lowest BCUT2D eigenvalue weighted by Crippen LogP contribution is -2.12. The number of hydrogen-bond donors (Lipinski definition) is 1. The highest BCUT2D eigenvalue weighted by molar-refractivity contribution is 5.70. The third-order valence-electron chi connectivity index (χ3n) is 2.59. The van der Waals surface area contributed by atoms with Crippen molar-refractivity contribution in [1.82, 2.24) is 9.78 Å². The Balaban J connectivity index is 2.25. The average Bonchev–Trinajstić information content (AvgIpc) is 2.85. The summed E-state index contributed by atoms with van der Waals surface area (Å²) < 4.78 is 39.0. The molecule has 0 aromatic carbocycles. The summed E-state index contributed by atoms with van der Waals surface area (Å²) in [5, 5.41) is 12.0. The van der Waals surface area contributed by atoms with Crippen LogP contribution in [0.5, 0.6) is 0 Å². The SMILES string of the molecule is O=C(O)Cc1cn(CC2CC2)nc1C(F)(F)F. The number of hydrogen-bond acceptors (Lipinski definition) is 2. The molecule has 1 aliphatic carbocycles. The zero-order valence-corrected chi connectivity index (χ0v) is 8.87. The molecular formula is C10H11F3N2O2. The molecule has 7 heteroatoms. The number of carbonyl (C=O) groups is 1. The van der Waals surface area contributed by atoms with Gasteiger partial charge in [-0.25, -0.2) is 0 Å². The summed E-state index contributed by atoms with van der Waals surface area (Å²) >= 11 is 0. The van der Waals surface area contributed by atoms with Crippen LogP contribution in [0.3, 0.4) is 0 Å². The average molecular weight is 248 g/mol. The number of halogens is 3. The first kappa shape index (κ1) is 11.9. The second kappa shape index (κ2) is 4.05. The molecule has 0 aliphatic heterocycles. The van der Waals surface area contributed by atoms with Gasteiger partial charge in [0.15, 0.2) is 5.69 Å². The van der Waals surface area contributed by atoms with Gasteiger partial charge in [0.25, 0.3) is 0 Å². The van der Waals surface area contributed by atoms with E-state index in [4.69, 9.17) is 5.11 Å². The van der Waals surface area contributed by atoms with E-state index in [0.29, 0.717) is 12.5 Å². The monoisotopic (exact) mass is 248 g/mol. The number of aliphatic carboxylic acids is 1. The van der Waals surface area contributed by atoms with Crippen LogP contribution in [-0.4, -0.2) is 20.9 Å². The summed E-state index contributed by atoms with van der Waals surface area (Å²) in [6.45, 7) is 0.433. The van der Waals surface area contributed by atoms with Crippen molar-refractivity contribution < 1.29 is 23.1 Å². The molecule has 1 aromatic rings. The summed E-state index contributed by atoms with van der Waals surface area (Å²) in [6, 6.07) is 0. The topological polar surface area (TPSA) is 55.1 Å². The minimum Gasteiger partial charge on any atom is -0.481 e. The smallest absolute Gasteiger partial charge is 0.435 e. The van der Waals surface area contributed by atoms with Gasteiger partial charge in [-0.05, 0) is 18.8 Å². The van der Waals surface area contributed by atoms with Gasteiger partial charge in [0.2, 0.25) is 0 Å². The minimum atomic E-state index is -4.60. The van der Waals surface area contributed by atoms with Gasteiger partial charge < -0.3 is 5.11 Å². The van der Waals surface area contributed by atoms with E-state index in [0.717, 1.165) is 12.8 Å². The predicted molar refractivity (Wildman–Crippen MR) is 51.3 cm³/mol. The number of aromatic nitrogens is 2. The molecule has 0 bridgehead atoms. The van der Waals surface area contributed by atoms with Crippen molar-refractivity contribution in [2.75, 3.05) is 0 Å².